The Morgan fingerprint density at radius 1 is 1.15 bits per heavy atom. The number of thioether (sulfide) groups is 1. The van der Waals surface area contributed by atoms with Crippen LogP contribution < -0.4 is 0 Å². The number of nitrogens with zero attached hydrogens (tertiary/aromatic N) is 4. The molecule has 5 nitrogen and oxygen atoms in total. The molecule has 0 N–H and O–H groups in total. The summed E-state index contributed by atoms with van der Waals surface area (Å²) in [5.41, 5.74) is 1.04. The molecule has 2 aromatic rings. The summed E-state index contributed by atoms with van der Waals surface area (Å²) in [7, 11) is 0. The van der Waals surface area contributed by atoms with Gasteiger partial charge in [0.2, 0.25) is 11.1 Å². The molecule has 2 aliphatic rings. The summed E-state index contributed by atoms with van der Waals surface area (Å²) in [5, 5.41) is 5.28. The molecule has 2 fully saturated rings. The lowest BCUT2D eigenvalue weighted by Crippen LogP contribution is -2.45. The van der Waals surface area contributed by atoms with Crippen LogP contribution in [0, 0.1) is 11.8 Å². The van der Waals surface area contributed by atoms with Crippen molar-refractivity contribution in [2.75, 3.05) is 13.1 Å². The van der Waals surface area contributed by atoms with E-state index in [4.69, 9.17) is 10.1 Å². The zero-order valence-corrected chi connectivity index (χ0v) is 17.2. The van der Waals surface area contributed by atoms with E-state index < -0.39 is 0 Å². The van der Waals surface area contributed by atoms with Crippen LogP contribution in [0.1, 0.15) is 51.8 Å². The Hall–Kier alpha value is -1.82. The van der Waals surface area contributed by atoms with Crippen molar-refractivity contribution in [2.24, 2.45) is 11.8 Å². The maximum atomic E-state index is 12.9. The highest BCUT2D eigenvalue weighted by Crippen LogP contribution is 2.40. The number of benzene rings is 1. The molecule has 2 heterocycles. The minimum atomic E-state index is -0.166. The van der Waals surface area contributed by atoms with Gasteiger partial charge in [-0.15, -0.1) is 5.10 Å². The molecule has 1 aliphatic carbocycles. The first-order valence-corrected chi connectivity index (χ1v) is 10.9. The fraction of sp³-hybridized carbons (Fsp3) is 0.571. The van der Waals surface area contributed by atoms with Crippen LogP contribution in [0.4, 0.5) is 0 Å². The number of carbonyl (C=O) groups excluding carboxylic acids is 1. The van der Waals surface area contributed by atoms with Crippen molar-refractivity contribution in [3.63, 3.8) is 0 Å². The van der Waals surface area contributed by atoms with Crippen LogP contribution >= 0.6 is 11.8 Å². The number of amides is 1. The van der Waals surface area contributed by atoms with Gasteiger partial charge >= 0.3 is 0 Å². The molecule has 144 valence electrons. The molecule has 27 heavy (non-hydrogen) atoms. The minimum absolute atomic E-state index is 0.166. The van der Waals surface area contributed by atoms with Crippen LogP contribution in [-0.4, -0.2) is 43.9 Å². The van der Waals surface area contributed by atoms with Crippen molar-refractivity contribution < 1.29 is 4.79 Å². The third-order valence-corrected chi connectivity index (χ3v) is 6.31. The minimum Gasteiger partial charge on any atom is -0.341 e. The first-order valence-electron chi connectivity index (χ1n) is 9.99. The number of hydrogen-bond acceptors (Lipinski definition) is 4. The van der Waals surface area contributed by atoms with Gasteiger partial charge < -0.3 is 4.90 Å². The summed E-state index contributed by atoms with van der Waals surface area (Å²) in [6.45, 7) is 8.19. The Kier molecular flexibility index (Phi) is 5.26. The second-order valence-electron chi connectivity index (χ2n) is 8.22. The Morgan fingerprint density at radius 3 is 2.44 bits per heavy atom. The third kappa shape index (κ3) is 4.21. The van der Waals surface area contributed by atoms with E-state index in [0.29, 0.717) is 22.9 Å². The number of hydrogen-bond donors (Lipinski definition) is 0. The first kappa shape index (κ1) is 18.5. The van der Waals surface area contributed by atoms with Crippen LogP contribution in [0.2, 0.25) is 0 Å². The normalized spacial score (nSPS) is 24.0. The molecular formula is C21H28N4OS. The van der Waals surface area contributed by atoms with E-state index in [9.17, 15) is 4.79 Å². The van der Waals surface area contributed by atoms with E-state index in [0.717, 1.165) is 24.6 Å². The van der Waals surface area contributed by atoms with Gasteiger partial charge in [0.1, 0.15) is 5.82 Å². The maximum absolute atomic E-state index is 12.9. The predicted octanol–water partition coefficient (Wildman–Crippen LogP) is 4.13. The zero-order valence-electron chi connectivity index (χ0n) is 16.3. The Bertz CT molecular complexity index is 792. The van der Waals surface area contributed by atoms with Gasteiger partial charge in [0.05, 0.1) is 10.9 Å². The van der Waals surface area contributed by atoms with E-state index in [1.54, 1.807) is 0 Å². The SMILES string of the molecule is CC1CC(C)CN(C(=O)C(C)Sc2nc(C3CC3)n(-c3ccccc3)n2)C1. The molecule has 6 heteroatoms. The molecule has 1 aliphatic heterocycles. The predicted molar refractivity (Wildman–Crippen MR) is 108 cm³/mol. The van der Waals surface area contributed by atoms with Crippen LogP contribution in [0.3, 0.4) is 0 Å². The van der Waals surface area contributed by atoms with Gasteiger partial charge in [-0.2, -0.15) is 0 Å². The summed E-state index contributed by atoms with van der Waals surface area (Å²) in [5.74, 6) is 2.89. The molecule has 4 rings (SSSR count). The van der Waals surface area contributed by atoms with Crippen LogP contribution in [0.15, 0.2) is 35.5 Å². The molecule has 0 radical (unpaired) electrons. The van der Waals surface area contributed by atoms with Crippen LogP contribution in [0.5, 0.6) is 0 Å². The van der Waals surface area contributed by atoms with E-state index >= 15 is 0 Å². The highest BCUT2D eigenvalue weighted by atomic mass is 32.2. The smallest absolute Gasteiger partial charge is 0.235 e. The van der Waals surface area contributed by atoms with Crippen LogP contribution in [0.25, 0.3) is 5.69 Å². The quantitative estimate of drug-likeness (QED) is 0.728. The highest BCUT2D eigenvalue weighted by molar-refractivity contribution is 8.00. The lowest BCUT2D eigenvalue weighted by Gasteiger charge is -2.36. The summed E-state index contributed by atoms with van der Waals surface area (Å²) < 4.78 is 1.96. The summed E-state index contributed by atoms with van der Waals surface area (Å²) in [6.07, 6.45) is 3.56. The molecule has 1 saturated heterocycles. The average molecular weight is 385 g/mol. The van der Waals surface area contributed by atoms with E-state index in [1.807, 2.05) is 34.7 Å². The Balaban J connectivity index is 1.50. The summed E-state index contributed by atoms with van der Waals surface area (Å²) in [6, 6.07) is 10.2. The van der Waals surface area contributed by atoms with Crippen molar-refractivity contribution in [1.29, 1.82) is 0 Å². The van der Waals surface area contributed by atoms with E-state index in [1.165, 1.54) is 31.0 Å². The van der Waals surface area contributed by atoms with Crippen molar-refractivity contribution in [2.45, 2.75) is 56.4 Å². The summed E-state index contributed by atoms with van der Waals surface area (Å²) >= 11 is 1.49. The maximum Gasteiger partial charge on any atom is 0.235 e. The van der Waals surface area contributed by atoms with Crippen LogP contribution in [-0.2, 0) is 4.79 Å². The second-order valence-corrected chi connectivity index (χ2v) is 9.53. The number of likely N-dealkylation sites (tertiary alicyclic amines) is 1. The Labute approximate surface area is 165 Å². The van der Waals surface area contributed by atoms with Crippen molar-refractivity contribution >= 4 is 17.7 Å². The lowest BCUT2D eigenvalue weighted by atomic mass is 9.92. The molecule has 1 aromatic heterocycles. The van der Waals surface area contributed by atoms with Gasteiger partial charge in [0.25, 0.3) is 0 Å². The number of aromatic nitrogens is 3. The molecule has 3 unspecified atom stereocenters. The lowest BCUT2D eigenvalue weighted by molar-refractivity contribution is -0.132. The highest BCUT2D eigenvalue weighted by Gasteiger charge is 2.32. The topological polar surface area (TPSA) is 51.0 Å². The fourth-order valence-electron chi connectivity index (χ4n) is 4.03. The van der Waals surface area contributed by atoms with Gasteiger partial charge in [0, 0.05) is 19.0 Å². The van der Waals surface area contributed by atoms with Crippen molar-refractivity contribution in [1.82, 2.24) is 19.7 Å². The van der Waals surface area contributed by atoms with Crippen molar-refractivity contribution in [3.05, 3.63) is 36.2 Å². The van der Waals surface area contributed by atoms with Gasteiger partial charge in [0.15, 0.2) is 0 Å². The molecule has 1 aromatic carbocycles. The van der Waals surface area contributed by atoms with Gasteiger partial charge in [-0.05, 0) is 50.2 Å². The van der Waals surface area contributed by atoms with E-state index in [-0.39, 0.29) is 11.2 Å². The largest absolute Gasteiger partial charge is 0.341 e. The number of rotatable bonds is 5. The molecule has 1 saturated carbocycles. The monoisotopic (exact) mass is 384 g/mol. The second kappa shape index (κ2) is 7.66. The van der Waals surface area contributed by atoms with Gasteiger partial charge in [-0.3, -0.25) is 4.79 Å². The first-order chi connectivity index (χ1) is 13.0. The third-order valence-electron chi connectivity index (χ3n) is 5.37. The van der Waals surface area contributed by atoms with Crippen molar-refractivity contribution in [3.8, 4) is 5.69 Å². The standard InChI is InChI=1S/C21H28N4OS/c1-14-11-15(2)13-24(12-14)20(26)16(3)27-21-22-19(17-9-10-17)25(23-21)18-7-5-4-6-8-18/h4-8,14-17H,9-13H2,1-3H3. The number of carbonyl (C=O) groups is 1. The Morgan fingerprint density at radius 2 is 1.81 bits per heavy atom. The van der Waals surface area contributed by atoms with E-state index in [2.05, 4.69) is 26.0 Å². The molecule has 3 atom stereocenters. The van der Waals surface area contributed by atoms with Gasteiger partial charge in [-0.1, -0.05) is 43.8 Å². The molecule has 0 bridgehead atoms. The molecule has 0 spiro atoms. The molecule has 1 amide bonds. The number of para-hydroxylation sites is 1. The fourth-order valence-corrected chi connectivity index (χ4v) is 4.87. The van der Waals surface area contributed by atoms with Gasteiger partial charge in [-0.25, -0.2) is 9.67 Å². The molecular weight excluding hydrogens is 356 g/mol. The number of piperidine rings is 1. The zero-order chi connectivity index (χ0) is 19.0. The average Bonchev–Trinajstić information content (AvgIpc) is 3.41. The summed E-state index contributed by atoms with van der Waals surface area (Å²) in [4.78, 5) is 19.8.